The number of rotatable bonds is 13. The average molecular weight is 451 g/mol. The van der Waals surface area contributed by atoms with Crippen molar-refractivity contribution in [2.75, 3.05) is 5.75 Å². The van der Waals surface area contributed by atoms with Gasteiger partial charge in [0.15, 0.2) is 0 Å². The normalized spacial score (nSPS) is 16.0. The highest BCUT2D eigenvalue weighted by molar-refractivity contribution is 7.80. The van der Waals surface area contributed by atoms with Crippen LogP contribution in [0.1, 0.15) is 33.6 Å². The second-order valence-electron chi connectivity index (χ2n) is 7.07. The Balaban J connectivity index is 5.20. The summed E-state index contributed by atoms with van der Waals surface area (Å²) in [6, 6.07) is -5.12. The van der Waals surface area contributed by atoms with E-state index in [2.05, 4.69) is 28.6 Å². The Morgan fingerprint density at radius 2 is 1.43 bits per heavy atom. The Hall–Kier alpha value is -2.38. The molecule has 0 spiro atoms. The molecule has 0 bridgehead atoms. The SMILES string of the molecule is CC(C)C(N)C(=O)NC(CS)C(=O)NC(C(=O)NC(CCC(=O)O)C(=O)O)C(C)O. The Morgan fingerprint density at radius 1 is 0.900 bits per heavy atom. The third kappa shape index (κ3) is 9.41. The number of carboxylic acids is 2. The summed E-state index contributed by atoms with van der Waals surface area (Å²) in [5.74, 6) is -5.51. The summed E-state index contributed by atoms with van der Waals surface area (Å²) in [4.78, 5) is 58.8. The van der Waals surface area contributed by atoms with Crippen molar-refractivity contribution in [3.05, 3.63) is 0 Å². The summed E-state index contributed by atoms with van der Waals surface area (Å²) in [5, 5.41) is 34.4. The minimum absolute atomic E-state index is 0.132. The Bertz CT molecular complexity index is 643. The molecule has 172 valence electrons. The Morgan fingerprint density at radius 3 is 1.83 bits per heavy atom. The summed E-state index contributed by atoms with van der Waals surface area (Å²) < 4.78 is 0. The Kier molecular flexibility index (Phi) is 12.0. The molecule has 0 aliphatic carbocycles. The number of amides is 3. The van der Waals surface area contributed by atoms with Gasteiger partial charge in [-0.25, -0.2) is 4.79 Å². The van der Waals surface area contributed by atoms with Crippen molar-refractivity contribution in [3.63, 3.8) is 0 Å². The van der Waals surface area contributed by atoms with E-state index in [1.54, 1.807) is 13.8 Å². The fraction of sp³-hybridized carbons (Fsp3) is 0.706. The summed E-state index contributed by atoms with van der Waals surface area (Å²) in [6.07, 6.45) is -2.32. The summed E-state index contributed by atoms with van der Waals surface area (Å²) in [6.45, 7) is 4.63. The first-order chi connectivity index (χ1) is 13.8. The second kappa shape index (κ2) is 13.0. The molecule has 0 aliphatic heterocycles. The molecule has 0 aromatic carbocycles. The third-order valence-electron chi connectivity index (χ3n) is 4.16. The highest BCUT2D eigenvalue weighted by Gasteiger charge is 2.32. The molecule has 0 aromatic rings. The summed E-state index contributed by atoms with van der Waals surface area (Å²) >= 11 is 3.99. The number of hydrogen-bond acceptors (Lipinski definition) is 8. The number of nitrogens with two attached hydrogens (primary N) is 1. The molecule has 0 aliphatic rings. The zero-order chi connectivity index (χ0) is 23.6. The maximum absolute atomic E-state index is 12.5. The average Bonchev–Trinajstić information content (AvgIpc) is 2.65. The van der Waals surface area contributed by atoms with Gasteiger partial charge in [-0.15, -0.1) is 0 Å². The van der Waals surface area contributed by atoms with Crippen LogP contribution in [0.15, 0.2) is 0 Å². The van der Waals surface area contributed by atoms with Crippen LogP contribution in [0.2, 0.25) is 0 Å². The van der Waals surface area contributed by atoms with E-state index < -0.39 is 66.4 Å². The maximum Gasteiger partial charge on any atom is 0.326 e. The molecular formula is C17H30N4O8S. The van der Waals surface area contributed by atoms with Gasteiger partial charge in [0.25, 0.3) is 0 Å². The van der Waals surface area contributed by atoms with Crippen molar-refractivity contribution in [1.82, 2.24) is 16.0 Å². The lowest BCUT2D eigenvalue weighted by atomic mass is 10.0. The molecule has 0 heterocycles. The molecule has 0 saturated heterocycles. The number of thiol groups is 1. The molecule has 5 unspecified atom stereocenters. The zero-order valence-electron chi connectivity index (χ0n) is 17.0. The fourth-order valence-corrected chi connectivity index (χ4v) is 2.47. The van der Waals surface area contributed by atoms with Gasteiger partial charge in [0.05, 0.1) is 12.1 Å². The smallest absolute Gasteiger partial charge is 0.326 e. The summed E-state index contributed by atoms with van der Waals surface area (Å²) in [7, 11) is 0. The number of aliphatic hydroxyl groups excluding tert-OH is 1. The number of carboxylic acid groups (broad SMARTS) is 2. The van der Waals surface area contributed by atoms with Crippen LogP contribution < -0.4 is 21.7 Å². The minimum atomic E-state index is -1.55. The van der Waals surface area contributed by atoms with Crippen molar-refractivity contribution >= 4 is 42.3 Å². The predicted octanol–water partition coefficient (Wildman–Crippen LogP) is -2.32. The van der Waals surface area contributed by atoms with Crippen molar-refractivity contribution in [1.29, 1.82) is 0 Å². The van der Waals surface area contributed by atoms with Gasteiger partial charge in [0.2, 0.25) is 17.7 Å². The van der Waals surface area contributed by atoms with Gasteiger partial charge in [0.1, 0.15) is 18.1 Å². The van der Waals surface area contributed by atoms with Crippen LogP contribution in [0.3, 0.4) is 0 Å². The molecular weight excluding hydrogens is 420 g/mol. The second-order valence-corrected chi connectivity index (χ2v) is 7.44. The van der Waals surface area contributed by atoms with Gasteiger partial charge in [0, 0.05) is 12.2 Å². The summed E-state index contributed by atoms with van der Waals surface area (Å²) in [5.41, 5.74) is 5.72. The zero-order valence-corrected chi connectivity index (χ0v) is 17.9. The highest BCUT2D eigenvalue weighted by Crippen LogP contribution is 2.03. The molecule has 13 heteroatoms. The predicted molar refractivity (Wildman–Crippen MR) is 109 cm³/mol. The lowest BCUT2D eigenvalue weighted by molar-refractivity contribution is -0.144. The third-order valence-corrected chi connectivity index (χ3v) is 4.53. The van der Waals surface area contributed by atoms with Gasteiger partial charge in [-0.3, -0.25) is 19.2 Å². The van der Waals surface area contributed by atoms with Gasteiger partial charge in [-0.1, -0.05) is 13.8 Å². The van der Waals surface area contributed by atoms with Crippen LogP contribution in [0.4, 0.5) is 0 Å². The molecule has 0 rings (SSSR count). The van der Waals surface area contributed by atoms with E-state index in [0.717, 1.165) is 0 Å². The van der Waals surface area contributed by atoms with Crippen molar-refractivity contribution in [2.45, 2.75) is 63.9 Å². The molecule has 0 aromatic heterocycles. The Labute approximate surface area is 179 Å². The van der Waals surface area contributed by atoms with Crippen molar-refractivity contribution < 1.29 is 39.3 Å². The first-order valence-electron chi connectivity index (χ1n) is 9.22. The van der Waals surface area contributed by atoms with E-state index in [0.29, 0.717) is 0 Å². The van der Waals surface area contributed by atoms with Crippen LogP contribution in [0, 0.1) is 5.92 Å². The number of aliphatic carboxylic acids is 2. The standard InChI is InChI=1S/C17H30N4O8S/c1-7(2)12(18)15(26)20-10(6-30)14(25)21-13(8(3)22)16(27)19-9(17(28)29)4-5-11(23)24/h7-10,12-13,22,30H,4-6,18H2,1-3H3,(H,19,27)(H,20,26)(H,21,25)(H,23,24)(H,28,29). The number of carbonyl (C=O) groups excluding carboxylic acids is 3. The fourth-order valence-electron chi connectivity index (χ4n) is 2.21. The van der Waals surface area contributed by atoms with Gasteiger partial charge in [-0.05, 0) is 19.3 Å². The minimum Gasteiger partial charge on any atom is -0.481 e. The van der Waals surface area contributed by atoms with Crippen LogP contribution in [0.5, 0.6) is 0 Å². The van der Waals surface area contributed by atoms with Crippen LogP contribution in [-0.4, -0.2) is 81.0 Å². The molecule has 30 heavy (non-hydrogen) atoms. The van der Waals surface area contributed by atoms with Gasteiger partial charge < -0.3 is 37.0 Å². The molecule has 0 radical (unpaired) electrons. The first kappa shape index (κ1) is 27.6. The quantitative estimate of drug-likeness (QED) is 0.141. The van der Waals surface area contributed by atoms with Crippen molar-refractivity contribution in [2.24, 2.45) is 11.7 Å². The first-order valence-corrected chi connectivity index (χ1v) is 9.85. The van der Waals surface area contributed by atoms with Crippen LogP contribution in [0.25, 0.3) is 0 Å². The molecule has 0 saturated carbocycles. The number of aliphatic hydroxyl groups is 1. The van der Waals surface area contributed by atoms with E-state index >= 15 is 0 Å². The van der Waals surface area contributed by atoms with E-state index in [4.69, 9.17) is 15.9 Å². The van der Waals surface area contributed by atoms with Crippen LogP contribution in [-0.2, 0) is 24.0 Å². The molecule has 3 amide bonds. The largest absolute Gasteiger partial charge is 0.481 e. The maximum atomic E-state index is 12.5. The lowest BCUT2D eigenvalue weighted by Crippen LogP contribution is -2.60. The van der Waals surface area contributed by atoms with Crippen molar-refractivity contribution in [3.8, 4) is 0 Å². The number of carbonyl (C=O) groups is 5. The van der Waals surface area contributed by atoms with E-state index in [1.807, 2.05) is 0 Å². The van der Waals surface area contributed by atoms with E-state index in [-0.39, 0.29) is 18.1 Å². The van der Waals surface area contributed by atoms with E-state index in [1.165, 1.54) is 6.92 Å². The van der Waals surface area contributed by atoms with E-state index in [9.17, 15) is 29.1 Å². The molecule has 8 N–H and O–H groups in total. The molecule has 5 atom stereocenters. The monoisotopic (exact) mass is 450 g/mol. The van der Waals surface area contributed by atoms with Gasteiger partial charge >= 0.3 is 11.9 Å². The molecule has 12 nitrogen and oxygen atoms in total. The van der Waals surface area contributed by atoms with Gasteiger partial charge in [-0.2, -0.15) is 12.6 Å². The number of nitrogens with one attached hydrogen (secondary N) is 3. The van der Waals surface area contributed by atoms with Crippen LogP contribution >= 0.6 is 12.6 Å². The topological polar surface area (TPSA) is 208 Å². The lowest BCUT2D eigenvalue weighted by Gasteiger charge is -2.26. The molecule has 0 fully saturated rings. The number of hydrogen-bond donors (Lipinski definition) is 8. The highest BCUT2D eigenvalue weighted by atomic mass is 32.1.